The van der Waals surface area contributed by atoms with E-state index in [-0.39, 0.29) is 5.56 Å². The highest BCUT2D eigenvalue weighted by Gasteiger charge is 2.14. The summed E-state index contributed by atoms with van der Waals surface area (Å²) in [6.07, 6.45) is 0. The number of benzene rings is 1. The molecule has 1 aromatic carbocycles. The molecule has 0 saturated heterocycles. The van der Waals surface area contributed by atoms with Gasteiger partial charge in [-0.1, -0.05) is 13.0 Å². The quantitative estimate of drug-likeness (QED) is 0.866. The second-order valence-corrected chi connectivity index (χ2v) is 4.36. The Morgan fingerprint density at radius 3 is 2.83 bits per heavy atom. The van der Waals surface area contributed by atoms with E-state index >= 15 is 0 Å². The summed E-state index contributed by atoms with van der Waals surface area (Å²) in [5.74, 6) is -1.85. The summed E-state index contributed by atoms with van der Waals surface area (Å²) in [5, 5.41) is 17.5. The van der Waals surface area contributed by atoms with E-state index in [1.54, 1.807) is 26.1 Å². The summed E-state index contributed by atoms with van der Waals surface area (Å²) in [5.41, 5.74) is 0.792. The Morgan fingerprint density at radius 2 is 2.28 bits per heavy atom. The van der Waals surface area contributed by atoms with Crippen LogP contribution >= 0.6 is 0 Å². The van der Waals surface area contributed by atoms with E-state index in [0.29, 0.717) is 13.1 Å². The lowest BCUT2D eigenvalue weighted by molar-refractivity contribution is -0.141. The molecule has 1 N–H and O–H groups in total. The van der Waals surface area contributed by atoms with Crippen molar-refractivity contribution in [3.63, 3.8) is 0 Å². The van der Waals surface area contributed by atoms with Gasteiger partial charge in [-0.15, -0.1) is 0 Å². The lowest BCUT2D eigenvalue weighted by Crippen LogP contribution is -2.28. The van der Waals surface area contributed by atoms with Crippen molar-refractivity contribution in [2.45, 2.75) is 13.5 Å². The van der Waals surface area contributed by atoms with Crippen LogP contribution < -0.4 is 0 Å². The fourth-order valence-corrected chi connectivity index (χ4v) is 1.68. The molecule has 0 heterocycles. The van der Waals surface area contributed by atoms with E-state index in [1.165, 1.54) is 12.1 Å². The van der Waals surface area contributed by atoms with Crippen LogP contribution in [0.15, 0.2) is 18.2 Å². The monoisotopic (exact) mass is 250 g/mol. The molecule has 0 aliphatic carbocycles. The number of carboxylic acid groups (broad SMARTS) is 1. The number of hydrogen-bond acceptors (Lipinski definition) is 3. The van der Waals surface area contributed by atoms with Crippen molar-refractivity contribution >= 4 is 5.97 Å². The SMILES string of the molecule is CC(CN(C)Cc1ccc(F)c(C#N)c1)C(=O)O. The van der Waals surface area contributed by atoms with Crippen molar-refractivity contribution in [3.8, 4) is 6.07 Å². The van der Waals surface area contributed by atoms with E-state index in [4.69, 9.17) is 10.4 Å². The van der Waals surface area contributed by atoms with Crippen LogP contribution in [0.2, 0.25) is 0 Å². The van der Waals surface area contributed by atoms with Gasteiger partial charge in [0.05, 0.1) is 11.5 Å². The van der Waals surface area contributed by atoms with E-state index in [9.17, 15) is 9.18 Å². The van der Waals surface area contributed by atoms with Crippen molar-refractivity contribution in [2.24, 2.45) is 5.92 Å². The molecule has 96 valence electrons. The summed E-state index contributed by atoms with van der Waals surface area (Å²) in [6.45, 7) is 2.51. The maximum atomic E-state index is 13.1. The number of carbonyl (C=O) groups is 1. The molecular formula is C13H15FN2O2. The first kappa shape index (κ1) is 14.1. The Bertz CT molecular complexity index is 482. The van der Waals surface area contributed by atoms with Crippen LogP contribution in [0.1, 0.15) is 18.1 Å². The Kier molecular flexibility index (Phi) is 4.81. The van der Waals surface area contributed by atoms with Crippen LogP contribution in [0.25, 0.3) is 0 Å². The van der Waals surface area contributed by atoms with Crippen LogP contribution in [-0.4, -0.2) is 29.6 Å². The third-order valence-corrected chi connectivity index (χ3v) is 2.61. The van der Waals surface area contributed by atoms with E-state index in [2.05, 4.69) is 0 Å². The fraction of sp³-hybridized carbons (Fsp3) is 0.385. The summed E-state index contributed by atoms with van der Waals surface area (Å²) >= 11 is 0. The zero-order valence-electron chi connectivity index (χ0n) is 10.4. The molecule has 0 aromatic heterocycles. The predicted octanol–water partition coefficient (Wildman–Crippen LogP) is 1.85. The molecule has 5 heteroatoms. The Labute approximate surface area is 105 Å². The molecule has 1 unspecified atom stereocenters. The molecule has 4 nitrogen and oxygen atoms in total. The molecule has 0 spiro atoms. The Morgan fingerprint density at radius 1 is 1.61 bits per heavy atom. The molecular weight excluding hydrogens is 235 g/mol. The Hall–Kier alpha value is -1.93. The predicted molar refractivity (Wildman–Crippen MR) is 64.2 cm³/mol. The van der Waals surface area contributed by atoms with Gasteiger partial charge in [-0.25, -0.2) is 4.39 Å². The molecule has 0 bridgehead atoms. The average molecular weight is 250 g/mol. The van der Waals surface area contributed by atoms with Crippen molar-refractivity contribution < 1.29 is 14.3 Å². The molecule has 0 amide bonds. The molecule has 18 heavy (non-hydrogen) atoms. The number of nitriles is 1. The minimum absolute atomic E-state index is 0.00665. The third-order valence-electron chi connectivity index (χ3n) is 2.61. The van der Waals surface area contributed by atoms with Crippen LogP contribution in [0.3, 0.4) is 0 Å². The van der Waals surface area contributed by atoms with Gasteiger partial charge in [0.25, 0.3) is 0 Å². The zero-order valence-corrected chi connectivity index (χ0v) is 10.4. The second kappa shape index (κ2) is 6.12. The van der Waals surface area contributed by atoms with E-state index < -0.39 is 17.7 Å². The maximum Gasteiger partial charge on any atom is 0.307 e. The van der Waals surface area contributed by atoms with Gasteiger partial charge >= 0.3 is 5.97 Å². The number of carboxylic acids is 1. The molecule has 0 fully saturated rings. The fourth-order valence-electron chi connectivity index (χ4n) is 1.68. The number of rotatable bonds is 5. The lowest BCUT2D eigenvalue weighted by Gasteiger charge is -2.19. The van der Waals surface area contributed by atoms with Crippen molar-refractivity contribution in [2.75, 3.05) is 13.6 Å². The average Bonchev–Trinajstić information content (AvgIpc) is 2.31. The number of halogens is 1. The van der Waals surface area contributed by atoms with E-state index in [1.807, 2.05) is 4.90 Å². The highest BCUT2D eigenvalue weighted by atomic mass is 19.1. The van der Waals surface area contributed by atoms with E-state index in [0.717, 1.165) is 5.56 Å². The topological polar surface area (TPSA) is 64.3 Å². The highest BCUT2D eigenvalue weighted by Crippen LogP contribution is 2.12. The van der Waals surface area contributed by atoms with Gasteiger partial charge in [0, 0.05) is 13.1 Å². The smallest absolute Gasteiger partial charge is 0.307 e. The summed E-state index contributed by atoms with van der Waals surface area (Å²) < 4.78 is 13.1. The second-order valence-electron chi connectivity index (χ2n) is 4.36. The van der Waals surface area contributed by atoms with Crippen LogP contribution in [-0.2, 0) is 11.3 Å². The van der Waals surface area contributed by atoms with Gasteiger partial charge in [0.2, 0.25) is 0 Å². The zero-order chi connectivity index (χ0) is 13.7. The molecule has 0 aliphatic rings. The normalized spacial score (nSPS) is 12.2. The van der Waals surface area contributed by atoms with Crippen LogP contribution in [0, 0.1) is 23.1 Å². The van der Waals surface area contributed by atoms with Crippen LogP contribution in [0.5, 0.6) is 0 Å². The van der Waals surface area contributed by atoms with Gasteiger partial charge < -0.3 is 10.0 Å². The van der Waals surface area contributed by atoms with Crippen molar-refractivity contribution in [1.82, 2.24) is 4.90 Å². The van der Waals surface area contributed by atoms with Gasteiger partial charge in [0.15, 0.2) is 0 Å². The first-order valence-electron chi connectivity index (χ1n) is 5.54. The summed E-state index contributed by atoms with van der Waals surface area (Å²) in [4.78, 5) is 12.5. The molecule has 1 aromatic rings. The van der Waals surface area contributed by atoms with Gasteiger partial charge in [-0.2, -0.15) is 5.26 Å². The first-order chi connectivity index (χ1) is 8.43. The standard InChI is InChI=1S/C13H15FN2O2/c1-9(13(17)18)7-16(2)8-10-3-4-12(14)11(5-10)6-15/h3-5,9H,7-8H2,1-2H3,(H,17,18). The van der Waals surface area contributed by atoms with Gasteiger partial charge in [-0.05, 0) is 24.7 Å². The largest absolute Gasteiger partial charge is 0.481 e. The van der Waals surface area contributed by atoms with Crippen molar-refractivity contribution in [1.29, 1.82) is 5.26 Å². The molecule has 1 rings (SSSR count). The molecule has 1 atom stereocenters. The maximum absolute atomic E-state index is 13.1. The lowest BCUT2D eigenvalue weighted by atomic mass is 10.1. The summed E-state index contributed by atoms with van der Waals surface area (Å²) in [7, 11) is 1.79. The number of hydrogen-bond donors (Lipinski definition) is 1. The molecule has 0 radical (unpaired) electrons. The third kappa shape index (κ3) is 3.82. The first-order valence-corrected chi connectivity index (χ1v) is 5.54. The van der Waals surface area contributed by atoms with Crippen LogP contribution in [0.4, 0.5) is 4.39 Å². The highest BCUT2D eigenvalue weighted by molar-refractivity contribution is 5.69. The minimum atomic E-state index is -0.848. The minimum Gasteiger partial charge on any atom is -0.481 e. The van der Waals surface area contributed by atoms with Gasteiger partial charge in [0.1, 0.15) is 11.9 Å². The number of nitrogens with zero attached hydrogens (tertiary/aromatic N) is 2. The molecule has 0 saturated carbocycles. The number of aliphatic carboxylic acids is 1. The van der Waals surface area contributed by atoms with Crippen molar-refractivity contribution in [3.05, 3.63) is 35.1 Å². The Balaban J connectivity index is 2.68. The molecule has 0 aliphatic heterocycles. The summed E-state index contributed by atoms with van der Waals surface area (Å²) in [6, 6.07) is 6.11. The van der Waals surface area contributed by atoms with Gasteiger partial charge in [-0.3, -0.25) is 4.79 Å².